The van der Waals surface area contributed by atoms with E-state index in [0.717, 1.165) is 22.3 Å². The predicted octanol–water partition coefficient (Wildman–Crippen LogP) is 3.51. The lowest BCUT2D eigenvalue weighted by Gasteiger charge is -2.09. The molecule has 1 aromatic carbocycles. The van der Waals surface area contributed by atoms with E-state index in [-0.39, 0.29) is 0 Å². The van der Waals surface area contributed by atoms with Crippen LogP contribution in [0.1, 0.15) is 22.3 Å². The van der Waals surface area contributed by atoms with Crippen LogP contribution in [0.2, 0.25) is 0 Å². The van der Waals surface area contributed by atoms with Crippen LogP contribution < -0.4 is 0 Å². The van der Waals surface area contributed by atoms with Gasteiger partial charge in [0, 0.05) is 11.1 Å². The van der Waals surface area contributed by atoms with Crippen LogP contribution in [-0.2, 0) is 0 Å². The Morgan fingerprint density at radius 1 is 0.929 bits per heavy atom. The number of hydrogen-bond acceptors (Lipinski definition) is 2. The van der Waals surface area contributed by atoms with Crippen LogP contribution in [0.25, 0.3) is 0 Å². The fraction of sp³-hybridized carbons (Fsp3) is 0.200. The SMILES string of the molecule is Cc1cc(C(=S)S)c(C)cc1C(=S)S. The quantitative estimate of drug-likeness (QED) is 0.615. The smallest absolute Gasteiger partial charge is 0.0750 e. The fourth-order valence-electron chi connectivity index (χ4n) is 1.28. The van der Waals surface area contributed by atoms with E-state index in [1.165, 1.54) is 0 Å². The number of thiocarbonyl (C=S) groups is 2. The van der Waals surface area contributed by atoms with Crippen LogP contribution in [0.15, 0.2) is 12.1 Å². The van der Waals surface area contributed by atoms with E-state index in [1.54, 1.807) is 0 Å². The molecule has 0 saturated carbocycles. The zero-order valence-electron chi connectivity index (χ0n) is 7.87. The maximum atomic E-state index is 5.03. The monoisotopic (exact) mass is 258 g/mol. The summed E-state index contributed by atoms with van der Waals surface area (Å²) in [6.07, 6.45) is 0. The maximum absolute atomic E-state index is 5.03. The lowest BCUT2D eigenvalue weighted by atomic mass is 10.0. The first-order valence-electron chi connectivity index (χ1n) is 4.01. The van der Waals surface area contributed by atoms with Crippen molar-refractivity contribution in [1.82, 2.24) is 0 Å². The van der Waals surface area contributed by atoms with Crippen molar-refractivity contribution in [2.75, 3.05) is 0 Å². The Bertz CT molecular complexity index is 367. The van der Waals surface area contributed by atoms with Crippen LogP contribution in [0.5, 0.6) is 0 Å². The Hall–Kier alpha value is 0.1000. The molecule has 0 unspecified atom stereocenters. The molecule has 0 saturated heterocycles. The van der Waals surface area contributed by atoms with E-state index in [9.17, 15) is 0 Å². The van der Waals surface area contributed by atoms with Crippen molar-refractivity contribution in [3.05, 3.63) is 34.4 Å². The largest absolute Gasteiger partial charge is 0.131 e. The van der Waals surface area contributed by atoms with Crippen molar-refractivity contribution in [2.24, 2.45) is 0 Å². The minimum atomic E-state index is 0.613. The molecular weight excluding hydrogens is 248 g/mol. The highest BCUT2D eigenvalue weighted by Gasteiger charge is 2.07. The summed E-state index contributed by atoms with van der Waals surface area (Å²) < 4.78 is 1.23. The number of rotatable bonds is 2. The summed E-state index contributed by atoms with van der Waals surface area (Å²) in [5, 5.41) is 0. The van der Waals surface area contributed by atoms with E-state index in [0.29, 0.717) is 8.39 Å². The average molecular weight is 258 g/mol. The number of aryl methyl sites for hydroxylation is 2. The fourth-order valence-corrected chi connectivity index (χ4v) is 2.20. The van der Waals surface area contributed by atoms with Gasteiger partial charge >= 0.3 is 0 Å². The third kappa shape index (κ3) is 2.57. The van der Waals surface area contributed by atoms with E-state index in [4.69, 9.17) is 24.4 Å². The van der Waals surface area contributed by atoms with Gasteiger partial charge in [-0.05, 0) is 37.1 Å². The highest BCUT2D eigenvalue weighted by Crippen LogP contribution is 2.20. The second-order valence-electron chi connectivity index (χ2n) is 3.09. The molecule has 4 heteroatoms. The summed E-state index contributed by atoms with van der Waals surface area (Å²) in [7, 11) is 0. The minimum absolute atomic E-state index is 0.613. The molecule has 0 aliphatic rings. The molecule has 14 heavy (non-hydrogen) atoms. The molecule has 0 spiro atoms. The Balaban J connectivity index is 3.38. The van der Waals surface area contributed by atoms with Crippen molar-refractivity contribution in [1.29, 1.82) is 0 Å². The van der Waals surface area contributed by atoms with Gasteiger partial charge in [-0.25, -0.2) is 0 Å². The van der Waals surface area contributed by atoms with Crippen LogP contribution in [0.3, 0.4) is 0 Å². The number of thiol groups is 2. The normalized spacial score (nSPS) is 10.0. The summed E-state index contributed by atoms with van der Waals surface area (Å²) in [4.78, 5) is 0. The topological polar surface area (TPSA) is 0 Å². The van der Waals surface area contributed by atoms with Gasteiger partial charge < -0.3 is 0 Å². The zero-order chi connectivity index (χ0) is 10.9. The molecule has 0 aliphatic heterocycles. The first-order chi connectivity index (χ1) is 6.43. The van der Waals surface area contributed by atoms with Crippen LogP contribution in [0, 0.1) is 13.8 Å². The van der Waals surface area contributed by atoms with Gasteiger partial charge in [0.15, 0.2) is 0 Å². The summed E-state index contributed by atoms with van der Waals surface area (Å²) in [6.45, 7) is 3.99. The average Bonchev–Trinajstić information content (AvgIpc) is 2.07. The molecule has 1 aromatic rings. The molecule has 0 aromatic heterocycles. The highest BCUT2D eigenvalue weighted by atomic mass is 32.1. The summed E-state index contributed by atoms with van der Waals surface area (Å²) in [6, 6.07) is 4.00. The molecule has 74 valence electrons. The van der Waals surface area contributed by atoms with E-state index in [1.807, 2.05) is 26.0 Å². The van der Waals surface area contributed by atoms with Crippen LogP contribution in [0.4, 0.5) is 0 Å². The molecule has 0 aliphatic carbocycles. The van der Waals surface area contributed by atoms with Gasteiger partial charge in [-0.2, -0.15) is 0 Å². The number of benzene rings is 1. The van der Waals surface area contributed by atoms with Crippen LogP contribution in [-0.4, -0.2) is 8.39 Å². The van der Waals surface area contributed by atoms with Gasteiger partial charge in [-0.15, -0.1) is 25.3 Å². The lowest BCUT2D eigenvalue weighted by Crippen LogP contribution is -1.99. The Kier molecular flexibility index (Phi) is 4.13. The van der Waals surface area contributed by atoms with Gasteiger partial charge in [-0.3, -0.25) is 0 Å². The molecule has 0 nitrogen and oxygen atoms in total. The zero-order valence-corrected chi connectivity index (χ0v) is 11.3. The second-order valence-corrected chi connectivity index (χ2v) is 5.41. The standard InChI is InChI=1S/C10H10S4/c1-5-3-8(10(13)14)6(2)4-7(5)9(11)12/h3-4H,1-2H3,(H,11,12)(H,13,14). The third-order valence-corrected chi connectivity index (χ3v) is 2.95. The number of hydrogen-bond donors (Lipinski definition) is 2. The van der Waals surface area contributed by atoms with Gasteiger partial charge in [0.25, 0.3) is 0 Å². The summed E-state index contributed by atoms with van der Waals surface area (Å²) in [5.74, 6) is 0. The minimum Gasteiger partial charge on any atom is -0.131 e. The van der Waals surface area contributed by atoms with Crippen LogP contribution >= 0.6 is 49.7 Å². The maximum Gasteiger partial charge on any atom is 0.0750 e. The summed E-state index contributed by atoms with van der Waals surface area (Å²) >= 11 is 18.4. The van der Waals surface area contributed by atoms with E-state index in [2.05, 4.69) is 25.3 Å². The first kappa shape index (κ1) is 12.2. The molecule has 0 radical (unpaired) electrons. The first-order valence-corrected chi connectivity index (χ1v) is 5.72. The molecule has 0 atom stereocenters. The van der Waals surface area contributed by atoms with Gasteiger partial charge in [0.05, 0.1) is 8.39 Å². The molecular formula is C10H10S4. The molecule has 1 rings (SSSR count). The van der Waals surface area contributed by atoms with E-state index >= 15 is 0 Å². The Morgan fingerprint density at radius 2 is 1.21 bits per heavy atom. The molecule has 0 bridgehead atoms. The third-order valence-electron chi connectivity index (χ3n) is 2.03. The van der Waals surface area contributed by atoms with Crippen molar-refractivity contribution >= 4 is 58.1 Å². The lowest BCUT2D eigenvalue weighted by molar-refractivity contribution is 1.37. The van der Waals surface area contributed by atoms with Crippen molar-refractivity contribution < 1.29 is 0 Å². The van der Waals surface area contributed by atoms with Gasteiger partial charge in [0.1, 0.15) is 0 Å². The summed E-state index contributed by atoms with van der Waals surface area (Å²) in [5.41, 5.74) is 4.16. The molecule has 0 N–H and O–H groups in total. The van der Waals surface area contributed by atoms with Crippen molar-refractivity contribution in [3.63, 3.8) is 0 Å². The second kappa shape index (κ2) is 4.75. The predicted molar refractivity (Wildman–Crippen MR) is 77.3 cm³/mol. The van der Waals surface area contributed by atoms with Gasteiger partial charge in [0.2, 0.25) is 0 Å². The van der Waals surface area contributed by atoms with Crippen molar-refractivity contribution in [3.8, 4) is 0 Å². The molecule has 0 fully saturated rings. The highest BCUT2D eigenvalue weighted by molar-refractivity contribution is 8.12. The Morgan fingerprint density at radius 3 is 1.43 bits per heavy atom. The van der Waals surface area contributed by atoms with Gasteiger partial charge in [-0.1, -0.05) is 24.4 Å². The van der Waals surface area contributed by atoms with Crippen molar-refractivity contribution in [2.45, 2.75) is 13.8 Å². The Labute approximate surface area is 106 Å². The molecule has 0 amide bonds. The van der Waals surface area contributed by atoms with E-state index < -0.39 is 0 Å². The molecule has 0 heterocycles.